The summed E-state index contributed by atoms with van der Waals surface area (Å²) in [5, 5.41) is 0. The minimum absolute atomic E-state index is 0.0591. The minimum atomic E-state index is -3.89. The Balaban J connectivity index is 1.74. The van der Waals surface area contributed by atoms with E-state index >= 15 is 0 Å². The van der Waals surface area contributed by atoms with Gasteiger partial charge in [-0.2, -0.15) is 8.42 Å². The van der Waals surface area contributed by atoms with Crippen molar-refractivity contribution in [2.45, 2.75) is 37.0 Å². The van der Waals surface area contributed by atoms with Crippen molar-refractivity contribution in [1.82, 2.24) is 0 Å². The predicted molar refractivity (Wildman–Crippen MR) is 102 cm³/mol. The van der Waals surface area contributed by atoms with E-state index in [0.29, 0.717) is 12.0 Å². The van der Waals surface area contributed by atoms with Crippen LogP contribution in [0.25, 0.3) is 0 Å². The van der Waals surface area contributed by atoms with Gasteiger partial charge < -0.3 is 4.74 Å². The molecule has 0 saturated heterocycles. The summed E-state index contributed by atoms with van der Waals surface area (Å²) in [5.74, 6) is -0.939. The van der Waals surface area contributed by atoms with Gasteiger partial charge in [-0.3, -0.25) is 8.98 Å². The zero-order chi connectivity index (χ0) is 20.4. The summed E-state index contributed by atoms with van der Waals surface area (Å²) in [5.41, 5.74) is 0.997. The third-order valence-electron chi connectivity index (χ3n) is 5.14. The maximum atomic E-state index is 13.7. The fourth-order valence-electron chi connectivity index (χ4n) is 3.27. The fraction of sp³-hybridized carbons (Fsp3) is 0.381. The number of hydrogen-bond donors (Lipinski definition) is 0. The summed E-state index contributed by atoms with van der Waals surface area (Å²) in [6.45, 7) is 3.57. The van der Waals surface area contributed by atoms with Gasteiger partial charge in [0.1, 0.15) is 12.4 Å². The molecule has 5 nitrogen and oxygen atoms in total. The van der Waals surface area contributed by atoms with Crippen molar-refractivity contribution >= 4 is 16.1 Å². The Morgan fingerprint density at radius 2 is 1.93 bits per heavy atom. The third kappa shape index (κ3) is 4.42. The molecule has 1 saturated carbocycles. The zero-order valence-corrected chi connectivity index (χ0v) is 16.7. The minimum Gasteiger partial charge on any atom is -0.465 e. The van der Waals surface area contributed by atoms with Gasteiger partial charge in [0.2, 0.25) is 0 Å². The average molecular weight is 406 g/mol. The predicted octanol–water partition coefficient (Wildman–Crippen LogP) is 3.75. The van der Waals surface area contributed by atoms with E-state index in [1.807, 2.05) is 6.92 Å². The number of benzene rings is 2. The van der Waals surface area contributed by atoms with Gasteiger partial charge in [0.25, 0.3) is 10.1 Å². The molecule has 0 amide bonds. The lowest BCUT2D eigenvalue weighted by atomic mass is 9.94. The van der Waals surface area contributed by atoms with E-state index in [-0.39, 0.29) is 36.4 Å². The third-order valence-corrected chi connectivity index (χ3v) is 6.44. The molecule has 2 aromatic rings. The molecule has 150 valence electrons. The van der Waals surface area contributed by atoms with E-state index in [1.54, 1.807) is 31.2 Å². The van der Waals surface area contributed by atoms with Crippen LogP contribution in [0.3, 0.4) is 0 Å². The lowest BCUT2D eigenvalue weighted by Crippen LogP contribution is -2.23. The Kier molecular flexibility index (Phi) is 5.86. The summed E-state index contributed by atoms with van der Waals surface area (Å²) in [6, 6.07) is 12.5. The van der Waals surface area contributed by atoms with Crippen LogP contribution in [-0.2, 0) is 29.2 Å². The van der Waals surface area contributed by atoms with Gasteiger partial charge in [0.05, 0.1) is 11.5 Å². The van der Waals surface area contributed by atoms with Gasteiger partial charge in [0.15, 0.2) is 0 Å². The van der Waals surface area contributed by atoms with Gasteiger partial charge in [-0.15, -0.1) is 0 Å². The lowest BCUT2D eigenvalue weighted by Gasteiger charge is -2.18. The van der Waals surface area contributed by atoms with E-state index < -0.39 is 21.4 Å². The number of aryl methyl sites for hydroxylation is 1. The molecule has 0 bridgehead atoms. The van der Waals surface area contributed by atoms with Gasteiger partial charge in [0, 0.05) is 11.8 Å². The molecule has 0 N–H and O–H groups in total. The molecule has 3 rings (SSSR count). The Bertz CT molecular complexity index is 955. The van der Waals surface area contributed by atoms with Crippen molar-refractivity contribution in [3.05, 3.63) is 65.5 Å². The maximum absolute atomic E-state index is 13.7. The molecular formula is C21H23FO5S. The van der Waals surface area contributed by atoms with E-state index in [1.165, 1.54) is 24.3 Å². The first-order valence-electron chi connectivity index (χ1n) is 9.14. The summed E-state index contributed by atoms with van der Waals surface area (Å²) >= 11 is 0. The van der Waals surface area contributed by atoms with Crippen molar-refractivity contribution in [2.75, 3.05) is 13.2 Å². The van der Waals surface area contributed by atoms with E-state index in [9.17, 15) is 17.6 Å². The van der Waals surface area contributed by atoms with Crippen LogP contribution in [0.5, 0.6) is 0 Å². The van der Waals surface area contributed by atoms with E-state index in [4.69, 9.17) is 8.92 Å². The Labute approximate surface area is 164 Å². The van der Waals surface area contributed by atoms with Crippen LogP contribution in [0.1, 0.15) is 30.9 Å². The average Bonchev–Trinajstić information content (AvgIpc) is 3.39. The summed E-state index contributed by atoms with van der Waals surface area (Å²) < 4.78 is 49.1. The summed E-state index contributed by atoms with van der Waals surface area (Å²) in [4.78, 5) is 11.7. The van der Waals surface area contributed by atoms with Crippen molar-refractivity contribution in [3.8, 4) is 0 Å². The van der Waals surface area contributed by atoms with Gasteiger partial charge in [-0.25, -0.2) is 4.39 Å². The molecule has 0 radical (unpaired) electrons. The first kappa shape index (κ1) is 20.5. The van der Waals surface area contributed by atoms with Crippen LogP contribution in [0.15, 0.2) is 53.4 Å². The number of carbonyl (C=O) groups excluding carboxylic acids is 1. The molecule has 0 aromatic heterocycles. The highest BCUT2D eigenvalue weighted by Crippen LogP contribution is 2.55. The van der Waals surface area contributed by atoms with Crippen molar-refractivity contribution in [3.63, 3.8) is 0 Å². The fourth-order valence-corrected chi connectivity index (χ4v) is 4.22. The molecule has 0 unspecified atom stereocenters. The topological polar surface area (TPSA) is 69.7 Å². The van der Waals surface area contributed by atoms with E-state index in [2.05, 4.69) is 0 Å². The van der Waals surface area contributed by atoms with E-state index in [0.717, 1.165) is 5.56 Å². The number of ether oxygens (including phenoxy) is 1. The molecular weight excluding hydrogens is 383 g/mol. The number of carbonyl (C=O) groups is 1. The molecule has 0 aliphatic heterocycles. The Morgan fingerprint density at radius 3 is 2.57 bits per heavy atom. The first-order chi connectivity index (χ1) is 13.3. The van der Waals surface area contributed by atoms with Gasteiger partial charge in [-0.05, 0) is 49.1 Å². The molecule has 0 heterocycles. The quantitative estimate of drug-likeness (QED) is 0.493. The smallest absolute Gasteiger partial charge is 0.305 e. The molecule has 1 aliphatic carbocycles. The van der Waals surface area contributed by atoms with Crippen LogP contribution in [0.2, 0.25) is 0 Å². The molecule has 1 fully saturated rings. The zero-order valence-electron chi connectivity index (χ0n) is 15.9. The molecule has 1 aliphatic rings. The largest absolute Gasteiger partial charge is 0.465 e. The Morgan fingerprint density at radius 1 is 1.21 bits per heavy atom. The van der Waals surface area contributed by atoms with Crippen molar-refractivity contribution < 1.29 is 26.5 Å². The van der Waals surface area contributed by atoms with Crippen molar-refractivity contribution in [2.24, 2.45) is 5.92 Å². The Hall–Kier alpha value is -2.25. The van der Waals surface area contributed by atoms with Crippen molar-refractivity contribution in [1.29, 1.82) is 0 Å². The van der Waals surface area contributed by atoms with Gasteiger partial charge in [-0.1, -0.05) is 36.8 Å². The highest BCUT2D eigenvalue weighted by atomic mass is 32.2. The second kappa shape index (κ2) is 8.01. The lowest BCUT2D eigenvalue weighted by molar-refractivity contribution is -0.144. The summed E-state index contributed by atoms with van der Waals surface area (Å²) in [7, 11) is -3.89. The molecule has 28 heavy (non-hydrogen) atoms. The number of esters is 1. The summed E-state index contributed by atoms with van der Waals surface area (Å²) in [6.07, 6.45) is 0.791. The van der Waals surface area contributed by atoms with Crippen LogP contribution < -0.4 is 0 Å². The highest BCUT2D eigenvalue weighted by Gasteiger charge is 2.56. The number of rotatable bonds is 8. The normalized spacial score (nSPS) is 21.3. The maximum Gasteiger partial charge on any atom is 0.305 e. The second-order valence-electron chi connectivity index (χ2n) is 7.13. The molecule has 2 aromatic carbocycles. The van der Waals surface area contributed by atoms with Crippen LogP contribution in [0.4, 0.5) is 4.39 Å². The first-order valence-corrected chi connectivity index (χ1v) is 10.6. The van der Waals surface area contributed by atoms with Crippen LogP contribution >= 0.6 is 0 Å². The monoisotopic (exact) mass is 406 g/mol. The molecule has 2 atom stereocenters. The molecule has 7 heteroatoms. The standard InChI is InChI=1S/C21H23FO5S/c1-3-20(23)26-14-21(16-5-4-6-18(22)11-16)12-17(21)13-27-28(24,25)19-9-7-15(2)8-10-19/h4-11,17H,3,12-14H2,1-2H3/t17-,21+/m0/s1. The SMILES string of the molecule is CCC(=O)OC[C@@]1(c2cccc(F)c2)C[C@H]1COS(=O)(=O)c1ccc(C)cc1. The number of hydrogen-bond acceptors (Lipinski definition) is 5. The number of halogens is 1. The van der Waals surface area contributed by atoms with Gasteiger partial charge >= 0.3 is 5.97 Å². The highest BCUT2D eigenvalue weighted by molar-refractivity contribution is 7.86. The second-order valence-corrected chi connectivity index (χ2v) is 8.75. The van der Waals surface area contributed by atoms with Crippen LogP contribution in [-0.4, -0.2) is 27.6 Å². The molecule has 0 spiro atoms. The van der Waals surface area contributed by atoms with Crippen LogP contribution in [0, 0.1) is 18.7 Å².